The van der Waals surface area contributed by atoms with Gasteiger partial charge in [0.2, 0.25) is 5.13 Å². The summed E-state index contributed by atoms with van der Waals surface area (Å²) in [6.07, 6.45) is 0.379. The number of carboxylic acid groups (broad SMARTS) is 1. The Morgan fingerprint density at radius 2 is 2.22 bits per heavy atom. The van der Waals surface area contributed by atoms with Crippen LogP contribution in [0.15, 0.2) is 4.34 Å². The van der Waals surface area contributed by atoms with Crippen molar-refractivity contribution in [2.75, 3.05) is 19.0 Å². The molecular formula is C10H18N4O2S2. The third kappa shape index (κ3) is 4.11. The summed E-state index contributed by atoms with van der Waals surface area (Å²) in [6.45, 7) is 3.47. The number of rotatable bonds is 6. The highest BCUT2D eigenvalue weighted by Crippen LogP contribution is 2.32. The van der Waals surface area contributed by atoms with E-state index in [9.17, 15) is 4.79 Å². The van der Waals surface area contributed by atoms with Crippen LogP contribution in [0.1, 0.15) is 20.3 Å². The zero-order valence-electron chi connectivity index (χ0n) is 10.9. The first-order valence-corrected chi connectivity index (χ1v) is 7.12. The maximum Gasteiger partial charge on any atom is 0.323 e. The monoisotopic (exact) mass is 290 g/mol. The number of aliphatic carboxylic acids is 1. The minimum absolute atomic E-state index is 0.0686. The molecule has 0 aromatic carbocycles. The number of carbonyl (C=O) groups is 1. The van der Waals surface area contributed by atoms with Gasteiger partial charge in [-0.05, 0) is 13.3 Å². The van der Waals surface area contributed by atoms with Crippen molar-refractivity contribution in [2.45, 2.75) is 35.4 Å². The van der Waals surface area contributed by atoms with E-state index in [0.29, 0.717) is 6.42 Å². The molecule has 0 saturated heterocycles. The first-order chi connectivity index (χ1) is 8.22. The molecule has 2 atom stereocenters. The molecule has 0 aliphatic carbocycles. The second kappa shape index (κ2) is 5.85. The highest BCUT2D eigenvalue weighted by atomic mass is 32.2. The molecular weight excluding hydrogens is 272 g/mol. The molecule has 8 heteroatoms. The van der Waals surface area contributed by atoms with Gasteiger partial charge in [-0.2, -0.15) is 0 Å². The van der Waals surface area contributed by atoms with Crippen LogP contribution in [-0.2, 0) is 4.79 Å². The van der Waals surface area contributed by atoms with E-state index in [4.69, 9.17) is 10.8 Å². The Labute approximate surface area is 115 Å². The molecule has 0 amide bonds. The zero-order chi connectivity index (χ0) is 13.9. The van der Waals surface area contributed by atoms with Gasteiger partial charge in [-0.25, -0.2) is 0 Å². The van der Waals surface area contributed by atoms with E-state index in [-0.39, 0.29) is 5.25 Å². The highest BCUT2D eigenvalue weighted by molar-refractivity contribution is 8.01. The first-order valence-electron chi connectivity index (χ1n) is 5.42. The van der Waals surface area contributed by atoms with Crippen molar-refractivity contribution in [2.24, 2.45) is 5.73 Å². The standard InChI is InChI=1S/C10H18N4O2S2/c1-6(5-10(2,11)7(15)16)17-9-13-12-8(18-9)14(3)4/h6H,5,11H2,1-4H3,(H,15,16). The Kier molecular flexibility index (Phi) is 4.94. The van der Waals surface area contributed by atoms with Crippen molar-refractivity contribution in [3.8, 4) is 0 Å². The van der Waals surface area contributed by atoms with Crippen molar-refractivity contribution >= 4 is 34.2 Å². The summed E-state index contributed by atoms with van der Waals surface area (Å²) in [7, 11) is 3.81. The SMILES string of the molecule is CC(CC(C)(N)C(=O)O)Sc1nnc(N(C)C)s1. The van der Waals surface area contributed by atoms with E-state index in [2.05, 4.69) is 10.2 Å². The number of hydrogen-bond donors (Lipinski definition) is 2. The number of anilines is 1. The van der Waals surface area contributed by atoms with Crippen molar-refractivity contribution in [1.29, 1.82) is 0 Å². The van der Waals surface area contributed by atoms with Crippen LogP contribution in [-0.4, -0.2) is 46.2 Å². The summed E-state index contributed by atoms with van der Waals surface area (Å²) in [5, 5.41) is 17.9. The maximum absolute atomic E-state index is 10.9. The third-order valence-corrected chi connectivity index (χ3v) is 4.56. The fourth-order valence-electron chi connectivity index (χ4n) is 1.33. The number of aromatic nitrogens is 2. The number of nitrogens with two attached hydrogens (primary N) is 1. The summed E-state index contributed by atoms with van der Waals surface area (Å²) in [4.78, 5) is 12.8. The lowest BCUT2D eigenvalue weighted by molar-refractivity contribution is -0.142. The van der Waals surface area contributed by atoms with Crippen LogP contribution in [0.5, 0.6) is 0 Å². The fraction of sp³-hybridized carbons (Fsp3) is 0.700. The lowest BCUT2D eigenvalue weighted by Crippen LogP contribution is -2.46. The van der Waals surface area contributed by atoms with Crippen LogP contribution in [0, 0.1) is 0 Å². The van der Waals surface area contributed by atoms with Crippen molar-refractivity contribution < 1.29 is 9.90 Å². The normalized spacial score (nSPS) is 16.1. The lowest BCUT2D eigenvalue weighted by atomic mass is 9.98. The smallest absolute Gasteiger partial charge is 0.323 e. The lowest BCUT2D eigenvalue weighted by Gasteiger charge is -2.22. The second-order valence-electron chi connectivity index (χ2n) is 4.60. The maximum atomic E-state index is 10.9. The molecule has 3 N–H and O–H groups in total. The van der Waals surface area contributed by atoms with Crippen LogP contribution in [0.2, 0.25) is 0 Å². The van der Waals surface area contributed by atoms with Gasteiger partial charge in [0.15, 0.2) is 4.34 Å². The molecule has 0 spiro atoms. The van der Waals surface area contributed by atoms with E-state index >= 15 is 0 Å². The molecule has 1 rings (SSSR count). The molecule has 102 valence electrons. The van der Waals surface area contributed by atoms with Crippen molar-refractivity contribution in [3.63, 3.8) is 0 Å². The second-order valence-corrected chi connectivity index (χ2v) is 7.24. The Morgan fingerprint density at radius 1 is 1.61 bits per heavy atom. The average molecular weight is 290 g/mol. The molecule has 0 aliphatic rings. The zero-order valence-corrected chi connectivity index (χ0v) is 12.5. The summed E-state index contributed by atoms with van der Waals surface area (Å²) in [5.41, 5.74) is 4.51. The van der Waals surface area contributed by atoms with Crippen LogP contribution < -0.4 is 10.6 Å². The van der Waals surface area contributed by atoms with E-state index < -0.39 is 11.5 Å². The topological polar surface area (TPSA) is 92.3 Å². The van der Waals surface area contributed by atoms with E-state index in [0.717, 1.165) is 9.47 Å². The predicted molar refractivity (Wildman–Crippen MR) is 74.4 cm³/mol. The first kappa shape index (κ1) is 15.2. The van der Waals surface area contributed by atoms with Gasteiger partial charge in [0, 0.05) is 19.3 Å². The third-order valence-electron chi connectivity index (χ3n) is 2.28. The van der Waals surface area contributed by atoms with Crippen molar-refractivity contribution in [3.05, 3.63) is 0 Å². The number of hydrogen-bond acceptors (Lipinski definition) is 7. The van der Waals surface area contributed by atoms with Gasteiger partial charge in [-0.15, -0.1) is 10.2 Å². The number of nitrogens with zero attached hydrogens (tertiary/aromatic N) is 3. The molecule has 18 heavy (non-hydrogen) atoms. The summed E-state index contributed by atoms with van der Waals surface area (Å²) >= 11 is 2.98. The molecule has 2 unspecified atom stereocenters. The summed E-state index contributed by atoms with van der Waals surface area (Å²) in [5.74, 6) is -0.985. The van der Waals surface area contributed by atoms with Gasteiger partial charge >= 0.3 is 5.97 Å². The molecule has 1 heterocycles. The predicted octanol–water partition coefficient (Wildman–Crippen LogP) is 1.28. The van der Waals surface area contributed by atoms with E-state index in [1.54, 1.807) is 0 Å². The Hall–Kier alpha value is -0.860. The highest BCUT2D eigenvalue weighted by Gasteiger charge is 2.30. The average Bonchev–Trinajstić information content (AvgIpc) is 2.64. The van der Waals surface area contributed by atoms with Gasteiger partial charge in [-0.3, -0.25) is 4.79 Å². The Balaban J connectivity index is 2.59. The van der Waals surface area contributed by atoms with Crippen LogP contribution >= 0.6 is 23.1 Å². The molecule has 1 aromatic heterocycles. The quantitative estimate of drug-likeness (QED) is 0.762. The molecule has 0 fully saturated rings. The molecule has 0 aliphatic heterocycles. The summed E-state index contributed by atoms with van der Waals surface area (Å²) in [6, 6.07) is 0. The largest absolute Gasteiger partial charge is 0.480 e. The molecule has 6 nitrogen and oxygen atoms in total. The minimum atomic E-state index is -1.21. The van der Waals surface area contributed by atoms with Crippen LogP contribution in [0.3, 0.4) is 0 Å². The number of thioether (sulfide) groups is 1. The fourth-order valence-corrected chi connectivity index (χ4v) is 3.60. The Bertz CT molecular complexity index is 420. The van der Waals surface area contributed by atoms with E-state index in [1.165, 1.54) is 30.0 Å². The van der Waals surface area contributed by atoms with Gasteiger partial charge in [0.25, 0.3) is 0 Å². The van der Waals surface area contributed by atoms with Gasteiger partial charge < -0.3 is 15.7 Å². The van der Waals surface area contributed by atoms with E-state index in [1.807, 2.05) is 25.9 Å². The molecule has 0 radical (unpaired) electrons. The number of carboxylic acids is 1. The van der Waals surface area contributed by atoms with Crippen LogP contribution in [0.25, 0.3) is 0 Å². The minimum Gasteiger partial charge on any atom is -0.480 e. The Morgan fingerprint density at radius 3 is 2.67 bits per heavy atom. The van der Waals surface area contributed by atoms with Gasteiger partial charge in [0.1, 0.15) is 5.54 Å². The van der Waals surface area contributed by atoms with Crippen molar-refractivity contribution in [1.82, 2.24) is 10.2 Å². The van der Waals surface area contributed by atoms with Gasteiger partial charge in [0.05, 0.1) is 0 Å². The molecule has 0 saturated carbocycles. The van der Waals surface area contributed by atoms with Gasteiger partial charge in [-0.1, -0.05) is 30.0 Å². The molecule has 0 bridgehead atoms. The van der Waals surface area contributed by atoms with Crippen LogP contribution in [0.4, 0.5) is 5.13 Å². The summed E-state index contributed by atoms with van der Waals surface area (Å²) < 4.78 is 0.826. The molecule has 1 aromatic rings.